The molecule has 0 heterocycles. The third kappa shape index (κ3) is 2.81. The first-order valence-electron chi connectivity index (χ1n) is 4.67. The van der Waals surface area contributed by atoms with E-state index in [2.05, 4.69) is 6.58 Å². The molecule has 78 valence electrons. The average Bonchev–Trinajstić information content (AvgIpc) is 2.26. The van der Waals surface area contributed by atoms with Gasteiger partial charge in [0.15, 0.2) is 0 Å². The van der Waals surface area contributed by atoms with Crippen LogP contribution < -0.4 is 0 Å². The van der Waals surface area contributed by atoms with Crippen molar-refractivity contribution in [1.82, 2.24) is 0 Å². The van der Waals surface area contributed by atoms with Crippen molar-refractivity contribution in [2.45, 2.75) is 6.92 Å². The molecule has 2 nitrogen and oxygen atoms in total. The van der Waals surface area contributed by atoms with Crippen molar-refractivity contribution in [3.63, 3.8) is 0 Å². The van der Waals surface area contributed by atoms with Gasteiger partial charge in [0.1, 0.15) is 0 Å². The van der Waals surface area contributed by atoms with E-state index in [1.54, 1.807) is 12.2 Å². The zero-order valence-electron chi connectivity index (χ0n) is 8.99. The summed E-state index contributed by atoms with van der Waals surface area (Å²) >= 11 is 0. The summed E-state index contributed by atoms with van der Waals surface area (Å²) in [5.74, 6) is -0.348. The van der Waals surface area contributed by atoms with Crippen LogP contribution in [0.2, 0.25) is 0 Å². The van der Waals surface area contributed by atoms with Crippen molar-refractivity contribution in [3.05, 3.63) is 54.1 Å². The zero-order chi connectivity index (χ0) is 11.3. The van der Waals surface area contributed by atoms with Gasteiger partial charge in [0.05, 0.1) is 12.7 Å². The maximum Gasteiger partial charge on any atom is 0.338 e. The normalized spacial score (nSPS) is 10.9. The van der Waals surface area contributed by atoms with Crippen LogP contribution in [-0.4, -0.2) is 13.1 Å². The molecule has 0 aliphatic heterocycles. The Morgan fingerprint density at radius 2 is 1.93 bits per heavy atom. The van der Waals surface area contributed by atoms with Crippen LogP contribution in [0.25, 0.3) is 5.57 Å². The molecule has 0 unspecified atom stereocenters. The summed E-state index contributed by atoms with van der Waals surface area (Å²) in [4.78, 5) is 11.4. The number of esters is 1. The molecule has 0 fully saturated rings. The monoisotopic (exact) mass is 202 g/mol. The van der Waals surface area contributed by atoms with Crippen molar-refractivity contribution in [1.29, 1.82) is 0 Å². The molecule has 0 amide bonds. The Kier molecular flexibility index (Phi) is 3.86. The third-order valence-electron chi connectivity index (χ3n) is 2.05. The van der Waals surface area contributed by atoms with Crippen LogP contribution >= 0.6 is 0 Å². The van der Waals surface area contributed by atoms with Gasteiger partial charge in [-0.3, -0.25) is 0 Å². The van der Waals surface area contributed by atoms with Gasteiger partial charge in [-0.15, -0.1) is 0 Å². The number of hydrogen-bond donors (Lipinski definition) is 0. The molecule has 0 saturated carbocycles. The lowest BCUT2D eigenvalue weighted by atomic mass is 10.0. The van der Waals surface area contributed by atoms with Crippen molar-refractivity contribution < 1.29 is 9.53 Å². The van der Waals surface area contributed by atoms with Crippen molar-refractivity contribution in [2.75, 3.05) is 7.11 Å². The Morgan fingerprint density at radius 3 is 2.40 bits per heavy atom. The molecule has 0 atom stereocenters. The highest BCUT2D eigenvalue weighted by atomic mass is 16.5. The number of benzene rings is 1. The minimum atomic E-state index is -0.348. The van der Waals surface area contributed by atoms with Crippen LogP contribution in [0, 0.1) is 6.92 Å². The summed E-state index contributed by atoms with van der Waals surface area (Å²) in [6.45, 7) is 5.57. The smallest absolute Gasteiger partial charge is 0.338 e. The summed E-state index contributed by atoms with van der Waals surface area (Å²) in [6, 6.07) is 7.69. The van der Waals surface area contributed by atoms with Gasteiger partial charge in [-0.25, -0.2) is 4.79 Å². The van der Waals surface area contributed by atoms with Gasteiger partial charge in [-0.1, -0.05) is 42.5 Å². The van der Waals surface area contributed by atoms with E-state index in [4.69, 9.17) is 4.74 Å². The number of aryl methyl sites for hydroxylation is 1. The van der Waals surface area contributed by atoms with E-state index in [0.717, 1.165) is 11.1 Å². The van der Waals surface area contributed by atoms with Gasteiger partial charge in [-0.05, 0) is 18.6 Å². The van der Waals surface area contributed by atoms with Gasteiger partial charge in [0, 0.05) is 0 Å². The number of hydrogen-bond acceptors (Lipinski definition) is 2. The van der Waals surface area contributed by atoms with E-state index >= 15 is 0 Å². The average molecular weight is 202 g/mol. The van der Waals surface area contributed by atoms with Crippen LogP contribution in [0.1, 0.15) is 11.1 Å². The minimum Gasteiger partial charge on any atom is -0.465 e. The lowest BCUT2D eigenvalue weighted by Crippen LogP contribution is -2.03. The fourth-order valence-electron chi connectivity index (χ4n) is 1.24. The Bertz CT molecular complexity index is 386. The zero-order valence-corrected chi connectivity index (χ0v) is 8.99. The summed E-state index contributed by atoms with van der Waals surface area (Å²) in [6.07, 6.45) is 3.22. The molecular weight excluding hydrogens is 188 g/mol. The fraction of sp³-hybridized carbons (Fsp3) is 0.154. The van der Waals surface area contributed by atoms with E-state index in [1.807, 2.05) is 31.2 Å². The Labute approximate surface area is 89.9 Å². The first kappa shape index (κ1) is 11.2. The summed E-state index contributed by atoms with van der Waals surface area (Å²) in [5.41, 5.74) is 2.52. The first-order valence-corrected chi connectivity index (χ1v) is 4.67. The summed E-state index contributed by atoms with van der Waals surface area (Å²) in [7, 11) is 1.37. The molecule has 0 aromatic heterocycles. The minimum absolute atomic E-state index is 0.348. The highest BCUT2D eigenvalue weighted by Gasteiger charge is 2.10. The predicted octanol–water partition coefficient (Wildman–Crippen LogP) is 2.74. The molecule has 0 aliphatic rings. The highest BCUT2D eigenvalue weighted by Crippen LogP contribution is 2.16. The molecule has 1 rings (SSSR count). The van der Waals surface area contributed by atoms with Gasteiger partial charge < -0.3 is 4.74 Å². The molecular formula is C13H14O2. The second-order valence-corrected chi connectivity index (χ2v) is 3.17. The van der Waals surface area contributed by atoms with Crippen molar-refractivity contribution in [3.8, 4) is 0 Å². The molecule has 0 spiro atoms. The molecule has 0 radical (unpaired) electrons. The number of methoxy groups -OCH3 is 1. The van der Waals surface area contributed by atoms with Gasteiger partial charge in [0.25, 0.3) is 0 Å². The maximum atomic E-state index is 11.4. The molecule has 1 aromatic carbocycles. The number of rotatable bonds is 3. The van der Waals surface area contributed by atoms with Gasteiger partial charge >= 0.3 is 5.97 Å². The second kappa shape index (κ2) is 5.15. The molecule has 15 heavy (non-hydrogen) atoms. The quantitative estimate of drug-likeness (QED) is 0.428. The lowest BCUT2D eigenvalue weighted by molar-refractivity contribution is -0.133. The summed E-state index contributed by atoms with van der Waals surface area (Å²) in [5, 5.41) is 0. The second-order valence-electron chi connectivity index (χ2n) is 3.17. The topological polar surface area (TPSA) is 26.3 Å². The first-order chi connectivity index (χ1) is 7.19. The van der Waals surface area contributed by atoms with Crippen LogP contribution in [0.4, 0.5) is 0 Å². The van der Waals surface area contributed by atoms with E-state index in [0.29, 0.717) is 5.57 Å². The number of carbonyl (C=O) groups is 1. The van der Waals surface area contributed by atoms with Gasteiger partial charge in [0.2, 0.25) is 0 Å². The van der Waals surface area contributed by atoms with E-state index in [9.17, 15) is 4.79 Å². The van der Waals surface area contributed by atoms with Crippen LogP contribution in [0.5, 0.6) is 0 Å². The van der Waals surface area contributed by atoms with E-state index in [1.165, 1.54) is 7.11 Å². The molecule has 2 heteroatoms. The third-order valence-corrected chi connectivity index (χ3v) is 2.05. The molecule has 0 N–H and O–H groups in total. The summed E-state index contributed by atoms with van der Waals surface area (Å²) < 4.78 is 4.69. The Balaban J connectivity index is 3.10. The number of allylic oxidation sites excluding steroid dienone is 2. The van der Waals surface area contributed by atoms with Crippen molar-refractivity contribution in [2.24, 2.45) is 0 Å². The van der Waals surface area contributed by atoms with Gasteiger partial charge in [-0.2, -0.15) is 0 Å². The van der Waals surface area contributed by atoms with Crippen molar-refractivity contribution >= 4 is 11.5 Å². The highest BCUT2D eigenvalue weighted by molar-refractivity contribution is 6.16. The van der Waals surface area contributed by atoms with Crippen LogP contribution in [0.15, 0.2) is 43.0 Å². The van der Waals surface area contributed by atoms with E-state index < -0.39 is 0 Å². The molecule has 1 aromatic rings. The molecule has 0 bridgehead atoms. The fourth-order valence-corrected chi connectivity index (χ4v) is 1.24. The standard InChI is InChI=1S/C13H14O2/c1-4-5-12(13(14)15-3)11-8-6-10(2)7-9-11/h4-9H,1H2,2-3H3/b12-5+. The Hall–Kier alpha value is -1.83. The molecule has 0 aliphatic carbocycles. The Morgan fingerprint density at radius 1 is 1.33 bits per heavy atom. The SMILES string of the molecule is C=C/C=C(/C(=O)OC)c1ccc(C)cc1. The van der Waals surface area contributed by atoms with Crippen LogP contribution in [-0.2, 0) is 9.53 Å². The van der Waals surface area contributed by atoms with E-state index in [-0.39, 0.29) is 5.97 Å². The number of carbonyl (C=O) groups excluding carboxylic acids is 1. The van der Waals surface area contributed by atoms with Crippen LogP contribution in [0.3, 0.4) is 0 Å². The largest absolute Gasteiger partial charge is 0.465 e. The predicted molar refractivity (Wildman–Crippen MR) is 61.4 cm³/mol. The number of ether oxygens (including phenoxy) is 1. The lowest BCUT2D eigenvalue weighted by Gasteiger charge is -2.05. The maximum absolute atomic E-state index is 11.4. The molecule has 0 saturated heterocycles.